The van der Waals surface area contributed by atoms with Gasteiger partial charge in [0.05, 0.1) is 12.0 Å². The first-order valence-electron chi connectivity index (χ1n) is 8.41. The van der Waals surface area contributed by atoms with Crippen LogP contribution < -0.4 is 5.32 Å². The summed E-state index contributed by atoms with van der Waals surface area (Å²) in [6, 6.07) is 7.89. The second-order valence-corrected chi connectivity index (χ2v) is 7.79. The highest BCUT2D eigenvalue weighted by atomic mass is 32.2. The molecule has 1 aromatic rings. The van der Waals surface area contributed by atoms with Gasteiger partial charge in [-0.1, -0.05) is 26.0 Å². The number of carbonyl (C=O) groups excluding carboxylic acids is 1. The lowest BCUT2D eigenvalue weighted by Crippen LogP contribution is -2.49. The summed E-state index contributed by atoms with van der Waals surface area (Å²) < 4.78 is 0. The predicted molar refractivity (Wildman–Crippen MR) is 96.3 cm³/mol. The van der Waals surface area contributed by atoms with Crippen molar-refractivity contribution < 1.29 is 14.7 Å². The molecular formula is C18H26N2O3S. The van der Waals surface area contributed by atoms with Gasteiger partial charge >= 0.3 is 12.0 Å². The van der Waals surface area contributed by atoms with Crippen molar-refractivity contribution in [2.24, 2.45) is 11.8 Å². The number of thioether (sulfide) groups is 1. The van der Waals surface area contributed by atoms with Crippen LogP contribution in [0.3, 0.4) is 0 Å². The molecule has 1 heterocycles. The molecule has 1 fully saturated rings. The zero-order valence-electron chi connectivity index (χ0n) is 14.5. The lowest BCUT2D eigenvalue weighted by molar-refractivity contribution is -0.143. The third kappa shape index (κ3) is 4.90. The number of piperidine rings is 1. The average molecular weight is 350 g/mol. The molecule has 0 radical (unpaired) electrons. The van der Waals surface area contributed by atoms with E-state index in [9.17, 15) is 14.7 Å². The van der Waals surface area contributed by atoms with Gasteiger partial charge in [-0.05, 0) is 42.7 Å². The number of aliphatic carboxylic acids is 1. The van der Waals surface area contributed by atoms with Crippen molar-refractivity contribution in [2.75, 3.05) is 18.8 Å². The molecule has 1 aliphatic rings. The minimum absolute atomic E-state index is 0.112. The maximum atomic E-state index is 12.5. The highest BCUT2D eigenvalue weighted by molar-refractivity contribution is 7.99. The molecule has 132 valence electrons. The number of nitrogens with zero attached hydrogens (tertiary/aromatic N) is 1. The molecule has 3 atom stereocenters. The van der Waals surface area contributed by atoms with E-state index in [1.165, 1.54) is 4.90 Å². The standard InChI is InChI=1S/C18H26N2O3S/c1-4-24-16-7-5-14(6-8-16)13(3)19-18(23)20-10-12(2)9-15(11-20)17(21)22/h5-8,12-13,15H,4,9-11H2,1-3H3,(H,19,23)(H,21,22). The maximum absolute atomic E-state index is 12.5. The number of urea groups is 1. The van der Waals surface area contributed by atoms with Crippen LogP contribution in [0.5, 0.6) is 0 Å². The van der Waals surface area contributed by atoms with Crippen molar-refractivity contribution in [3.8, 4) is 0 Å². The molecule has 0 saturated carbocycles. The summed E-state index contributed by atoms with van der Waals surface area (Å²) in [7, 11) is 0. The van der Waals surface area contributed by atoms with Crippen molar-refractivity contribution in [3.63, 3.8) is 0 Å². The molecular weight excluding hydrogens is 324 g/mol. The summed E-state index contributed by atoms with van der Waals surface area (Å²) in [5.41, 5.74) is 1.05. The van der Waals surface area contributed by atoms with Crippen LogP contribution in [-0.2, 0) is 4.79 Å². The SMILES string of the molecule is CCSc1ccc(C(C)NC(=O)N2CC(C)CC(C(=O)O)C2)cc1. The molecule has 1 saturated heterocycles. The molecule has 0 aliphatic carbocycles. The number of hydrogen-bond donors (Lipinski definition) is 2. The second kappa shape index (κ2) is 8.42. The molecule has 2 N–H and O–H groups in total. The largest absolute Gasteiger partial charge is 0.481 e. The quantitative estimate of drug-likeness (QED) is 0.796. The van der Waals surface area contributed by atoms with Crippen LogP contribution in [0.4, 0.5) is 4.79 Å². The third-order valence-electron chi connectivity index (χ3n) is 4.33. The first-order valence-corrected chi connectivity index (χ1v) is 9.40. The van der Waals surface area contributed by atoms with Crippen LogP contribution in [-0.4, -0.2) is 40.8 Å². The molecule has 5 nitrogen and oxygen atoms in total. The van der Waals surface area contributed by atoms with Gasteiger partial charge in [-0.25, -0.2) is 4.79 Å². The Balaban J connectivity index is 1.96. The first kappa shape index (κ1) is 18.6. The Morgan fingerprint density at radius 3 is 2.58 bits per heavy atom. The fourth-order valence-corrected chi connectivity index (χ4v) is 3.74. The van der Waals surface area contributed by atoms with E-state index in [1.807, 2.05) is 26.0 Å². The summed E-state index contributed by atoms with van der Waals surface area (Å²) in [6.07, 6.45) is 0.630. The topological polar surface area (TPSA) is 69.6 Å². The molecule has 0 spiro atoms. The van der Waals surface area contributed by atoms with Crippen LogP contribution in [0.2, 0.25) is 0 Å². The minimum Gasteiger partial charge on any atom is -0.481 e. The molecule has 3 unspecified atom stereocenters. The number of amides is 2. The number of likely N-dealkylation sites (tertiary alicyclic amines) is 1. The van der Waals surface area contributed by atoms with Crippen molar-refractivity contribution in [1.82, 2.24) is 10.2 Å². The lowest BCUT2D eigenvalue weighted by atomic mass is 9.91. The van der Waals surface area contributed by atoms with E-state index in [2.05, 4.69) is 24.4 Å². The van der Waals surface area contributed by atoms with Crippen LogP contribution in [0.1, 0.15) is 38.8 Å². The highest BCUT2D eigenvalue weighted by Crippen LogP contribution is 2.23. The Morgan fingerprint density at radius 2 is 2.00 bits per heavy atom. The lowest BCUT2D eigenvalue weighted by Gasteiger charge is -2.35. The number of benzene rings is 1. The van der Waals surface area contributed by atoms with Crippen LogP contribution in [0.15, 0.2) is 29.2 Å². The zero-order chi connectivity index (χ0) is 17.7. The predicted octanol–water partition coefficient (Wildman–Crippen LogP) is 3.61. The van der Waals surface area contributed by atoms with Crippen molar-refractivity contribution in [2.45, 2.75) is 38.1 Å². The average Bonchev–Trinajstić information content (AvgIpc) is 2.55. The molecule has 0 aromatic heterocycles. The van der Waals surface area contributed by atoms with Gasteiger partial charge < -0.3 is 15.3 Å². The second-order valence-electron chi connectivity index (χ2n) is 6.45. The third-order valence-corrected chi connectivity index (χ3v) is 5.22. The Labute approximate surface area is 147 Å². The molecule has 6 heteroatoms. The number of hydrogen-bond acceptors (Lipinski definition) is 3. The van der Waals surface area contributed by atoms with E-state index in [0.717, 1.165) is 11.3 Å². The van der Waals surface area contributed by atoms with Crippen molar-refractivity contribution in [3.05, 3.63) is 29.8 Å². The van der Waals surface area contributed by atoms with Crippen molar-refractivity contribution >= 4 is 23.8 Å². The zero-order valence-corrected chi connectivity index (χ0v) is 15.3. The van der Waals surface area contributed by atoms with Gasteiger partial charge in [-0.2, -0.15) is 0 Å². The summed E-state index contributed by atoms with van der Waals surface area (Å²) in [5.74, 6) is -0.0633. The summed E-state index contributed by atoms with van der Waals surface area (Å²) in [4.78, 5) is 26.6. The molecule has 24 heavy (non-hydrogen) atoms. The van der Waals surface area contributed by atoms with E-state index in [-0.39, 0.29) is 24.5 Å². The highest BCUT2D eigenvalue weighted by Gasteiger charge is 2.32. The molecule has 2 amide bonds. The molecule has 2 rings (SSSR count). The Morgan fingerprint density at radius 1 is 1.33 bits per heavy atom. The fourth-order valence-electron chi connectivity index (χ4n) is 3.08. The Kier molecular flexibility index (Phi) is 6.54. The number of nitrogens with one attached hydrogen (secondary N) is 1. The molecule has 1 aromatic carbocycles. The van der Waals surface area contributed by atoms with Gasteiger partial charge in [0, 0.05) is 18.0 Å². The van der Waals surface area contributed by atoms with E-state index in [0.29, 0.717) is 13.0 Å². The van der Waals surface area contributed by atoms with Crippen molar-refractivity contribution in [1.29, 1.82) is 0 Å². The Hall–Kier alpha value is -1.69. The molecule has 0 bridgehead atoms. The smallest absolute Gasteiger partial charge is 0.317 e. The fraction of sp³-hybridized carbons (Fsp3) is 0.556. The normalized spacial score (nSPS) is 22.0. The summed E-state index contributed by atoms with van der Waals surface area (Å²) >= 11 is 1.78. The van der Waals surface area contributed by atoms with E-state index >= 15 is 0 Å². The van der Waals surface area contributed by atoms with Gasteiger partial charge in [0.1, 0.15) is 0 Å². The monoisotopic (exact) mass is 350 g/mol. The van der Waals surface area contributed by atoms with Gasteiger partial charge in [0.15, 0.2) is 0 Å². The van der Waals surface area contributed by atoms with Gasteiger partial charge in [-0.15, -0.1) is 11.8 Å². The van der Waals surface area contributed by atoms with E-state index < -0.39 is 11.9 Å². The van der Waals surface area contributed by atoms with Crippen LogP contribution in [0, 0.1) is 11.8 Å². The number of carboxylic acid groups (broad SMARTS) is 1. The Bertz CT molecular complexity index is 576. The molecule has 1 aliphatic heterocycles. The van der Waals surface area contributed by atoms with Gasteiger partial charge in [0.25, 0.3) is 0 Å². The summed E-state index contributed by atoms with van der Waals surface area (Å²) in [5, 5.41) is 12.2. The minimum atomic E-state index is -0.823. The van der Waals surface area contributed by atoms with Gasteiger partial charge in [0.2, 0.25) is 0 Å². The van der Waals surface area contributed by atoms with Crippen LogP contribution >= 0.6 is 11.8 Å². The van der Waals surface area contributed by atoms with Crippen LogP contribution in [0.25, 0.3) is 0 Å². The van der Waals surface area contributed by atoms with E-state index in [1.54, 1.807) is 16.7 Å². The number of rotatable bonds is 5. The number of carbonyl (C=O) groups is 2. The number of carboxylic acids is 1. The first-order chi connectivity index (χ1) is 11.4. The van der Waals surface area contributed by atoms with Gasteiger partial charge in [-0.3, -0.25) is 4.79 Å². The maximum Gasteiger partial charge on any atom is 0.317 e. The summed E-state index contributed by atoms with van der Waals surface area (Å²) in [6.45, 7) is 6.94. The van der Waals surface area contributed by atoms with E-state index in [4.69, 9.17) is 0 Å².